The van der Waals surface area contributed by atoms with Gasteiger partial charge >= 0.3 is 0 Å². The van der Waals surface area contributed by atoms with Gasteiger partial charge in [-0.1, -0.05) is 45.2 Å². The topological polar surface area (TPSA) is 15.8 Å². The molecule has 0 unspecified atom stereocenters. The Bertz CT molecular complexity index is 439. The predicted octanol–water partition coefficient (Wildman–Crippen LogP) is 2.08. The highest BCUT2D eigenvalue weighted by molar-refractivity contribution is 5.18. The van der Waals surface area contributed by atoms with Crippen LogP contribution < -0.4 is 10.6 Å². The summed E-state index contributed by atoms with van der Waals surface area (Å²) in [5.41, 5.74) is 1.22. The van der Waals surface area contributed by atoms with Crippen LogP contribution >= 0.6 is 0 Å². The zero-order chi connectivity index (χ0) is 10.6. The Morgan fingerprint density at radius 3 is 2.50 bits per heavy atom. The highest BCUT2D eigenvalue weighted by Crippen LogP contribution is 2.05. The highest BCUT2D eigenvalue weighted by Gasteiger charge is 1.95. The van der Waals surface area contributed by atoms with Gasteiger partial charge in [-0.2, -0.15) is 0 Å². The van der Waals surface area contributed by atoms with Crippen molar-refractivity contribution in [3.63, 3.8) is 0 Å². The first-order valence-electron chi connectivity index (χ1n) is 4.81. The van der Waals surface area contributed by atoms with E-state index in [1.165, 1.54) is 5.56 Å². The molecule has 0 saturated heterocycles. The smallest absolute Gasteiger partial charge is 0.0341 e. The second-order valence-corrected chi connectivity index (χ2v) is 3.67. The third kappa shape index (κ3) is 2.77. The molecule has 1 aromatic heterocycles. The minimum Gasteiger partial charge on any atom is -0.362 e. The Hall–Kier alpha value is -1.50. The summed E-state index contributed by atoms with van der Waals surface area (Å²) < 4.78 is 0. The first kappa shape index (κ1) is 10.6. The monoisotopic (exact) mass is 187 g/mol. The van der Waals surface area contributed by atoms with Crippen molar-refractivity contribution >= 4 is 13.2 Å². The Morgan fingerprint density at radius 1 is 1.14 bits per heavy atom. The van der Waals surface area contributed by atoms with Gasteiger partial charge in [0.05, 0.1) is 0 Å². The lowest BCUT2D eigenvalue weighted by Gasteiger charge is -2.01. The van der Waals surface area contributed by atoms with E-state index in [2.05, 4.69) is 38.1 Å². The molecule has 1 rings (SSSR count). The van der Waals surface area contributed by atoms with Crippen LogP contribution in [0.3, 0.4) is 0 Å². The van der Waals surface area contributed by atoms with Crippen LogP contribution in [0.15, 0.2) is 30.5 Å². The van der Waals surface area contributed by atoms with Gasteiger partial charge < -0.3 is 4.98 Å². The molecular weight excluding hydrogens is 170 g/mol. The molecule has 1 N–H and O–H groups in total. The minimum atomic E-state index is 0.472. The number of nitrogens with one attached hydrogen (secondary N) is 1. The zero-order valence-electron chi connectivity index (χ0n) is 8.88. The number of hydrogen-bond acceptors (Lipinski definition) is 0. The van der Waals surface area contributed by atoms with Gasteiger partial charge in [0.1, 0.15) is 0 Å². The van der Waals surface area contributed by atoms with Crippen LogP contribution in [0.4, 0.5) is 0 Å². The molecule has 0 saturated carbocycles. The first-order chi connectivity index (χ1) is 6.61. The average Bonchev–Trinajstić information content (AvgIpc) is 2.17. The third-order valence-corrected chi connectivity index (χ3v) is 2.11. The molecule has 1 heteroatoms. The lowest BCUT2D eigenvalue weighted by molar-refractivity contribution is 0.851. The SMILES string of the molecule is C=c1cccc(C(C)C)c(=C)[nH]cc1. The van der Waals surface area contributed by atoms with Crippen molar-refractivity contribution in [1.29, 1.82) is 0 Å². The standard InChI is InChI=1S/C13H17N/c1-10(2)13-7-5-6-11(3)8-9-14-12(13)4/h5-10,14H,3-4H2,1-2H3. The van der Waals surface area contributed by atoms with Crippen molar-refractivity contribution in [3.05, 3.63) is 46.6 Å². The average molecular weight is 187 g/mol. The van der Waals surface area contributed by atoms with E-state index in [1.54, 1.807) is 0 Å². The predicted molar refractivity (Wildman–Crippen MR) is 62.8 cm³/mol. The Kier molecular flexibility index (Phi) is 3.52. The number of rotatable bonds is 1. The molecule has 0 aliphatic carbocycles. The third-order valence-electron chi connectivity index (χ3n) is 2.11. The fraction of sp³-hybridized carbons (Fsp3) is 0.231. The number of H-pyrrole nitrogens is 1. The maximum Gasteiger partial charge on any atom is 0.0341 e. The summed E-state index contributed by atoms with van der Waals surface area (Å²) >= 11 is 0. The maximum atomic E-state index is 3.99. The zero-order valence-corrected chi connectivity index (χ0v) is 8.88. The van der Waals surface area contributed by atoms with Crippen molar-refractivity contribution in [2.75, 3.05) is 0 Å². The molecule has 1 aromatic rings. The van der Waals surface area contributed by atoms with Gasteiger partial charge in [-0.15, -0.1) is 0 Å². The van der Waals surface area contributed by atoms with Gasteiger partial charge in [0, 0.05) is 11.5 Å². The van der Waals surface area contributed by atoms with Gasteiger partial charge in [0.15, 0.2) is 0 Å². The van der Waals surface area contributed by atoms with Crippen LogP contribution in [0.2, 0.25) is 0 Å². The van der Waals surface area contributed by atoms with Crippen molar-refractivity contribution in [1.82, 2.24) is 4.98 Å². The Balaban J connectivity index is 3.50. The van der Waals surface area contributed by atoms with Gasteiger partial charge in [0.25, 0.3) is 0 Å². The summed E-state index contributed by atoms with van der Waals surface area (Å²) in [5, 5.41) is 1.93. The maximum absolute atomic E-state index is 3.99. The van der Waals surface area contributed by atoms with Crippen molar-refractivity contribution in [2.45, 2.75) is 19.8 Å². The lowest BCUT2D eigenvalue weighted by Crippen LogP contribution is -2.09. The molecule has 0 fully saturated rings. The summed E-state index contributed by atoms with van der Waals surface area (Å²) in [4.78, 5) is 3.14. The molecule has 0 bridgehead atoms. The first-order valence-corrected chi connectivity index (χ1v) is 4.81. The second-order valence-electron chi connectivity index (χ2n) is 3.67. The lowest BCUT2D eigenvalue weighted by atomic mass is 10.1. The fourth-order valence-electron chi connectivity index (χ4n) is 1.31. The Labute approximate surface area is 85.1 Å². The molecule has 0 amide bonds. The van der Waals surface area contributed by atoms with E-state index in [4.69, 9.17) is 0 Å². The quantitative estimate of drug-likeness (QED) is 0.693. The normalized spacial score (nSPS) is 9.93. The molecule has 1 heterocycles. The molecule has 0 aromatic carbocycles. The number of aromatic nitrogens is 1. The van der Waals surface area contributed by atoms with Crippen molar-refractivity contribution in [2.24, 2.45) is 0 Å². The molecule has 1 nitrogen and oxygen atoms in total. The molecule has 0 aliphatic rings. The van der Waals surface area contributed by atoms with Crippen molar-refractivity contribution in [3.8, 4) is 0 Å². The van der Waals surface area contributed by atoms with E-state index in [0.29, 0.717) is 5.92 Å². The van der Waals surface area contributed by atoms with Crippen LogP contribution in [0.25, 0.3) is 13.2 Å². The molecule has 0 radical (unpaired) electrons. The van der Waals surface area contributed by atoms with Gasteiger partial charge in [-0.25, -0.2) is 0 Å². The van der Waals surface area contributed by atoms with E-state index in [0.717, 1.165) is 10.6 Å². The van der Waals surface area contributed by atoms with E-state index < -0.39 is 0 Å². The van der Waals surface area contributed by atoms with Crippen LogP contribution in [-0.4, -0.2) is 4.98 Å². The van der Waals surface area contributed by atoms with Gasteiger partial charge in [-0.3, -0.25) is 0 Å². The summed E-state index contributed by atoms with van der Waals surface area (Å²) in [7, 11) is 0. The van der Waals surface area contributed by atoms with Gasteiger partial charge in [0.2, 0.25) is 0 Å². The van der Waals surface area contributed by atoms with Crippen LogP contribution in [0.5, 0.6) is 0 Å². The molecular formula is C13H17N. The largest absolute Gasteiger partial charge is 0.362 e. The molecule has 0 atom stereocenters. The molecule has 0 aliphatic heterocycles. The van der Waals surface area contributed by atoms with E-state index in [-0.39, 0.29) is 0 Å². The van der Waals surface area contributed by atoms with Crippen molar-refractivity contribution < 1.29 is 0 Å². The van der Waals surface area contributed by atoms with E-state index >= 15 is 0 Å². The summed E-state index contributed by atoms with van der Waals surface area (Å²) in [6, 6.07) is 8.01. The molecule has 14 heavy (non-hydrogen) atoms. The minimum absolute atomic E-state index is 0.472. The fourth-order valence-corrected chi connectivity index (χ4v) is 1.31. The molecule has 0 spiro atoms. The summed E-state index contributed by atoms with van der Waals surface area (Å²) in [6.45, 7) is 12.2. The van der Waals surface area contributed by atoms with E-state index in [9.17, 15) is 0 Å². The highest BCUT2D eigenvalue weighted by atomic mass is 14.6. The summed E-state index contributed by atoms with van der Waals surface area (Å²) in [6.07, 6.45) is 1.87. The van der Waals surface area contributed by atoms with Crippen LogP contribution in [0.1, 0.15) is 25.3 Å². The van der Waals surface area contributed by atoms with Crippen LogP contribution in [-0.2, 0) is 0 Å². The molecule has 74 valence electrons. The van der Waals surface area contributed by atoms with Gasteiger partial charge in [-0.05, 0) is 22.8 Å². The number of hydrogen-bond donors (Lipinski definition) is 1. The van der Waals surface area contributed by atoms with Crippen LogP contribution in [0, 0.1) is 0 Å². The summed E-state index contributed by atoms with van der Waals surface area (Å²) in [5.74, 6) is 0.472. The number of aromatic amines is 1. The Morgan fingerprint density at radius 2 is 1.86 bits per heavy atom. The second kappa shape index (κ2) is 4.66. The van der Waals surface area contributed by atoms with E-state index in [1.807, 2.05) is 24.4 Å².